The zero-order valence-corrected chi connectivity index (χ0v) is 14.5. The Balaban J connectivity index is 2.11. The highest BCUT2D eigenvalue weighted by Gasteiger charge is 2.16. The van der Waals surface area contributed by atoms with Crippen LogP contribution >= 0.6 is 0 Å². The van der Waals surface area contributed by atoms with Gasteiger partial charge in [-0.1, -0.05) is 56.4 Å². The molecule has 1 N–H and O–H groups in total. The second-order valence-electron chi connectivity index (χ2n) is 5.82. The van der Waals surface area contributed by atoms with E-state index in [0.717, 1.165) is 19.3 Å². The van der Waals surface area contributed by atoms with Crippen molar-refractivity contribution in [1.29, 1.82) is 0 Å². The monoisotopic (exact) mass is 332 g/mol. The van der Waals surface area contributed by atoms with Gasteiger partial charge in [0.25, 0.3) is 0 Å². The Kier molecular flexibility index (Phi) is 10.3. The summed E-state index contributed by atoms with van der Waals surface area (Å²) in [7, 11) is 0. The first kappa shape index (κ1) is 19.9. The van der Waals surface area contributed by atoms with E-state index in [1.54, 1.807) is 12.1 Å². The Morgan fingerprint density at radius 3 is 2.17 bits per heavy atom. The number of carboxylic acids is 1. The van der Waals surface area contributed by atoms with Crippen LogP contribution in [-0.2, 0) is 4.74 Å². The summed E-state index contributed by atoms with van der Waals surface area (Å²) in [6, 6.07) is 6.13. The summed E-state index contributed by atoms with van der Waals surface area (Å²) in [6.07, 6.45) is 13.5. The largest absolute Gasteiger partial charge is 0.478 e. The van der Waals surface area contributed by atoms with Crippen LogP contribution in [0.4, 0.5) is 0 Å². The van der Waals surface area contributed by atoms with Gasteiger partial charge in [0.1, 0.15) is 0 Å². The van der Waals surface area contributed by atoms with Gasteiger partial charge in [0.05, 0.1) is 17.7 Å². The number of rotatable bonds is 12. The van der Waals surface area contributed by atoms with E-state index in [0.29, 0.717) is 6.61 Å². The summed E-state index contributed by atoms with van der Waals surface area (Å²) < 4.78 is 5.18. The zero-order valence-electron chi connectivity index (χ0n) is 14.5. The predicted molar refractivity (Wildman–Crippen MR) is 95.4 cm³/mol. The van der Waals surface area contributed by atoms with Crippen molar-refractivity contribution in [3.05, 3.63) is 47.5 Å². The summed E-state index contributed by atoms with van der Waals surface area (Å²) in [6.45, 7) is 2.39. The van der Waals surface area contributed by atoms with Gasteiger partial charge in [0, 0.05) is 0 Å². The molecule has 0 aromatic heterocycles. The smallest absolute Gasteiger partial charge is 0.339 e. The standard InChI is InChI=1S/C20H28O4/c1-2-3-4-5-6-7-8-9-10-13-16-24-20(23)18-15-12-11-14-17(18)19(21)22/h2-3,11-12,14-15H,4-10,13,16H2,1H3,(H,21,22)/b3-2+. The quantitative estimate of drug-likeness (QED) is 0.323. The highest BCUT2D eigenvalue weighted by Crippen LogP contribution is 2.12. The first-order chi connectivity index (χ1) is 11.7. The zero-order chi connectivity index (χ0) is 17.6. The number of carbonyl (C=O) groups is 2. The molecule has 0 saturated heterocycles. The van der Waals surface area contributed by atoms with Crippen LogP contribution in [-0.4, -0.2) is 23.7 Å². The lowest BCUT2D eigenvalue weighted by Gasteiger charge is -2.07. The normalized spacial score (nSPS) is 10.9. The van der Waals surface area contributed by atoms with Crippen molar-refractivity contribution >= 4 is 11.9 Å². The van der Waals surface area contributed by atoms with E-state index in [-0.39, 0.29) is 11.1 Å². The van der Waals surface area contributed by atoms with Crippen molar-refractivity contribution in [1.82, 2.24) is 0 Å². The molecule has 4 nitrogen and oxygen atoms in total. The van der Waals surface area contributed by atoms with E-state index >= 15 is 0 Å². The fraction of sp³-hybridized carbons (Fsp3) is 0.500. The number of hydrogen-bond donors (Lipinski definition) is 1. The average molecular weight is 332 g/mol. The van der Waals surface area contributed by atoms with E-state index in [4.69, 9.17) is 9.84 Å². The molecule has 0 radical (unpaired) electrons. The van der Waals surface area contributed by atoms with Crippen molar-refractivity contribution in [3.63, 3.8) is 0 Å². The van der Waals surface area contributed by atoms with E-state index in [2.05, 4.69) is 12.2 Å². The number of esters is 1. The summed E-state index contributed by atoms with van der Waals surface area (Å²) in [5.74, 6) is -1.67. The maximum absolute atomic E-state index is 11.9. The molecule has 0 heterocycles. The van der Waals surface area contributed by atoms with Gasteiger partial charge in [-0.2, -0.15) is 0 Å². The molecule has 0 fully saturated rings. The number of benzene rings is 1. The highest BCUT2D eigenvalue weighted by molar-refractivity contribution is 6.02. The van der Waals surface area contributed by atoms with Gasteiger partial charge in [-0.3, -0.25) is 0 Å². The number of allylic oxidation sites excluding steroid dienone is 2. The third-order valence-electron chi connectivity index (χ3n) is 3.86. The number of unbranched alkanes of at least 4 members (excludes halogenated alkanes) is 7. The number of carbonyl (C=O) groups excluding carboxylic acids is 1. The molecule has 0 atom stereocenters. The molecular formula is C20H28O4. The van der Waals surface area contributed by atoms with Crippen molar-refractivity contribution in [2.75, 3.05) is 6.61 Å². The Morgan fingerprint density at radius 1 is 0.958 bits per heavy atom. The summed E-state index contributed by atoms with van der Waals surface area (Å²) in [5.41, 5.74) is 0.103. The minimum Gasteiger partial charge on any atom is -0.478 e. The second kappa shape index (κ2) is 12.3. The molecule has 0 amide bonds. The van der Waals surface area contributed by atoms with Crippen molar-refractivity contribution < 1.29 is 19.4 Å². The Morgan fingerprint density at radius 2 is 1.54 bits per heavy atom. The molecule has 24 heavy (non-hydrogen) atoms. The Hall–Kier alpha value is -2.10. The van der Waals surface area contributed by atoms with Gasteiger partial charge in [-0.25, -0.2) is 9.59 Å². The first-order valence-electron chi connectivity index (χ1n) is 8.77. The molecule has 0 aliphatic rings. The van der Waals surface area contributed by atoms with Crippen LogP contribution in [0.3, 0.4) is 0 Å². The lowest BCUT2D eigenvalue weighted by molar-refractivity contribution is 0.0487. The molecule has 4 heteroatoms. The number of aromatic carboxylic acids is 1. The van der Waals surface area contributed by atoms with Crippen LogP contribution in [0.1, 0.15) is 79.0 Å². The minimum absolute atomic E-state index is 0.0135. The van der Waals surface area contributed by atoms with Crippen molar-refractivity contribution in [2.24, 2.45) is 0 Å². The summed E-state index contributed by atoms with van der Waals surface area (Å²) in [5, 5.41) is 9.06. The molecule has 0 bridgehead atoms. The molecule has 0 aliphatic carbocycles. The van der Waals surface area contributed by atoms with Crippen LogP contribution in [0.2, 0.25) is 0 Å². The third kappa shape index (κ3) is 7.95. The van der Waals surface area contributed by atoms with Crippen molar-refractivity contribution in [2.45, 2.75) is 58.3 Å². The maximum Gasteiger partial charge on any atom is 0.339 e. The van der Waals surface area contributed by atoms with Gasteiger partial charge in [0.15, 0.2) is 0 Å². The maximum atomic E-state index is 11.9. The Labute approximate surface area is 144 Å². The highest BCUT2D eigenvalue weighted by atomic mass is 16.5. The van der Waals surface area contributed by atoms with Crippen LogP contribution in [0.25, 0.3) is 0 Å². The van der Waals surface area contributed by atoms with Gasteiger partial charge in [-0.05, 0) is 38.3 Å². The third-order valence-corrected chi connectivity index (χ3v) is 3.86. The van der Waals surface area contributed by atoms with Crippen LogP contribution in [0, 0.1) is 0 Å². The first-order valence-corrected chi connectivity index (χ1v) is 8.77. The molecule has 1 rings (SSSR count). The molecule has 0 unspecified atom stereocenters. The van der Waals surface area contributed by atoms with E-state index < -0.39 is 11.9 Å². The van der Waals surface area contributed by atoms with Gasteiger partial charge < -0.3 is 9.84 Å². The molecule has 0 spiro atoms. The lowest BCUT2D eigenvalue weighted by Crippen LogP contribution is -2.12. The SMILES string of the molecule is C/C=C/CCCCCCCCCOC(=O)c1ccccc1C(=O)O. The fourth-order valence-corrected chi connectivity index (χ4v) is 2.51. The van der Waals surface area contributed by atoms with Gasteiger partial charge >= 0.3 is 11.9 Å². The molecule has 1 aromatic carbocycles. The van der Waals surface area contributed by atoms with E-state index in [1.165, 1.54) is 44.2 Å². The average Bonchev–Trinajstić information content (AvgIpc) is 2.59. The molecule has 1 aromatic rings. The number of ether oxygens (including phenoxy) is 1. The van der Waals surface area contributed by atoms with E-state index in [1.807, 2.05) is 6.92 Å². The fourth-order valence-electron chi connectivity index (χ4n) is 2.51. The Bertz CT molecular complexity index is 534. The topological polar surface area (TPSA) is 63.6 Å². The molecule has 0 aliphatic heterocycles. The van der Waals surface area contributed by atoms with Crippen molar-refractivity contribution in [3.8, 4) is 0 Å². The molecule has 0 saturated carbocycles. The minimum atomic E-state index is -1.11. The van der Waals surface area contributed by atoms with Crippen LogP contribution < -0.4 is 0 Å². The van der Waals surface area contributed by atoms with Gasteiger partial charge in [0.2, 0.25) is 0 Å². The predicted octanol–water partition coefficient (Wildman–Crippen LogP) is 5.24. The number of carboxylic acid groups (broad SMARTS) is 1. The van der Waals surface area contributed by atoms with Crippen LogP contribution in [0.15, 0.2) is 36.4 Å². The lowest BCUT2D eigenvalue weighted by atomic mass is 10.1. The summed E-state index contributed by atoms with van der Waals surface area (Å²) >= 11 is 0. The molecular weight excluding hydrogens is 304 g/mol. The van der Waals surface area contributed by atoms with E-state index in [9.17, 15) is 9.59 Å². The number of hydrogen-bond acceptors (Lipinski definition) is 3. The van der Waals surface area contributed by atoms with Crippen LogP contribution in [0.5, 0.6) is 0 Å². The molecule has 132 valence electrons. The van der Waals surface area contributed by atoms with Gasteiger partial charge in [-0.15, -0.1) is 0 Å². The summed E-state index contributed by atoms with van der Waals surface area (Å²) in [4.78, 5) is 23.0. The second-order valence-corrected chi connectivity index (χ2v) is 5.82.